The van der Waals surface area contributed by atoms with Crippen LogP contribution in [0.1, 0.15) is 53.9 Å². The van der Waals surface area contributed by atoms with Crippen molar-refractivity contribution in [1.29, 1.82) is 0 Å². The average molecular weight is 283 g/mol. The molecular weight excluding hydrogens is 250 g/mol. The second-order valence-corrected chi connectivity index (χ2v) is 6.42. The lowest BCUT2D eigenvalue weighted by Gasteiger charge is -2.42. The largest absolute Gasteiger partial charge is 0.355 e. The fourth-order valence-electron chi connectivity index (χ4n) is 2.80. The van der Waals surface area contributed by atoms with E-state index in [0.717, 1.165) is 38.9 Å². The summed E-state index contributed by atoms with van der Waals surface area (Å²) in [6, 6.07) is 0.968. The first-order valence-corrected chi connectivity index (χ1v) is 8.26. The fourth-order valence-corrected chi connectivity index (χ4v) is 2.80. The number of carbonyl (C=O) groups excluding carboxylic acids is 1. The molecule has 4 nitrogen and oxygen atoms in total. The lowest BCUT2D eigenvalue weighted by molar-refractivity contribution is -0.127. The summed E-state index contributed by atoms with van der Waals surface area (Å²) in [5.74, 6) is 0.818. The Balaban J connectivity index is 2.52. The number of nitrogens with one attached hydrogen (secondary N) is 2. The van der Waals surface area contributed by atoms with E-state index in [2.05, 4.69) is 43.2 Å². The molecule has 20 heavy (non-hydrogen) atoms. The highest BCUT2D eigenvalue weighted by Gasteiger charge is 2.32. The summed E-state index contributed by atoms with van der Waals surface area (Å²) in [6.45, 7) is 13.6. The van der Waals surface area contributed by atoms with E-state index in [1.54, 1.807) is 0 Å². The van der Waals surface area contributed by atoms with Gasteiger partial charge in [0.15, 0.2) is 0 Å². The Kier molecular flexibility index (Phi) is 7.52. The first-order valence-electron chi connectivity index (χ1n) is 8.26. The van der Waals surface area contributed by atoms with Gasteiger partial charge < -0.3 is 10.6 Å². The van der Waals surface area contributed by atoms with Crippen molar-refractivity contribution in [2.45, 2.75) is 72.0 Å². The first-order chi connectivity index (χ1) is 9.49. The molecule has 0 radical (unpaired) electrons. The molecule has 1 aliphatic rings. The number of hydrogen-bond acceptors (Lipinski definition) is 3. The highest BCUT2D eigenvalue weighted by atomic mass is 16.2. The maximum Gasteiger partial charge on any atom is 0.237 e. The lowest BCUT2D eigenvalue weighted by atomic mass is 10.0. The van der Waals surface area contributed by atoms with Gasteiger partial charge >= 0.3 is 0 Å². The molecular formula is C16H33N3O. The SMILES string of the molecule is CCC1CN(C(C)C(=O)NCCC(C)C)C(CC)CN1. The number of amides is 1. The summed E-state index contributed by atoms with van der Waals surface area (Å²) in [5, 5.41) is 6.67. The van der Waals surface area contributed by atoms with Crippen LogP contribution in [-0.4, -0.2) is 48.6 Å². The fraction of sp³-hybridized carbons (Fsp3) is 0.938. The Bertz CT molecular complexity index is 293. The Morgan fingerprint density at radius 3 is 2.55 bits per heavy atom. The molecule has 0 aliphatic carbocycles. The number of hydrogen-bond donors (Lipinski definition) is 2. The second kappa shape index (κ2) is 8.63. The van der Waals surface area contributed by atoms with Crippen molar-refractivity contribution in [3.05, 3.63) is 0 Å². The molecule has 3 unspecified atom stereocenters. The van der Waals surface area contributed by atoms with Crippen molar-refractivity contribution in [2.24, 2.45) is 5.92 Å². The van der Waals surface area contributed by atoms with Crippen LogP contribution in [0.15, 0.2) is 0 Å². The number of nitrogens with zero attached hydrogens (tertiary/aromatic N) is 1. The summed E-state index contributed by atoms with van der Waals surface area (Å²) in [4.78, 5) is 14.7. The Morgan fingerprint density at radius 2 is 2.00 bits per heavy atom. The van der Waals surface area contributed by atoms with Crippen LogP contribution in [0.2, 0.25) is 0 Å². The van der Waals surface area contributed by atoms with E-state index >= 15 is 0 Å². The summed E-state index contributed by atoms with van der Waals surface area (Å²) >= 11 is 0. The Labute approximate surface area is 124 Å². The molecule has 4 heteroatoms. The predicted octanol–water partition coefficient (Wildman–Crippen LogP) is 2.00. The zero-order valence-corrected chi connectivity index (χ0v) is 13.9. The molecule has 1 rings (SSSR count). The van der Waals surface area contributed by atoms with Crippen LogP contribution in [0.4, 0.5) is 0 Å². The van der Waals surface area contributed by atoms with Gasteiger partial charge in [-0.05, 0) is 32.1 Å². The monoisotopic (exact) mass is 283 g/mol. The van der Waals surface area contributed by atoms with Gasteiger partial charge in [0.25, 0.3) is 0 Å². The number of carbonyl (C=O) groups is 1. The van der Waals surface area contributed by atoms with Crippen LogP contribution in [0.3, 0.4) is 0 Å². The number of rotatable bonds is 7. The topological polar surface area (TPSA) is 44.4 Å². The smallest absolute Gasteiger partial charge is 0.237 e. The van der Waals surface area contributed by atoms with Crippen molar-refractivity contribution in [1.82, 2.24) is 15.5 Å². The molecule has 1 aliphatic heterocycles. The van der Waals surface area contributed by atoms with Gasteiger partial charge in [-0.1, -0.05) is 27.7 Å². The van der Waals surface area contributed by atoms with E-state index < -0.39 is 0 Å². The molecule has 0 bridgehead atoms. The van der Waals surface area contributed by atoms with E-state index in [-0.39, 0.29) is 11.9 Å². The zero-order valence-electron chi connectivity index (χ0n) is 13.9. The van der Waals surface area contributed by atoms with Crippen LogP contribution in [-0.2, 0) is 4.79 Å². The Morgan fingerprint density at radius 1 is 1.30 bits per heavy atom. The summed E-state index contributed by atoms with van der Waals surface area (Å²) in [6.07, 6.45) is 3.26. The molecule has 1 amide bonds. The molecule has 2 N–H and O–H groups in total. The van der Waals surface area contributed by atoms with Crippen LogP contribution in [0.25, 0.3) is 0 Å². The average Bonchev–Trinajstić information content (AvgIpc) is 2.45. The van der Waals surface area contributed by atoms with Crippen molar-refractivity contribution >= 4 is 5.91 Å². The number of piperazine rings is 1. The lowest BCUT2D eigenvalue weighted by Crippen LogP contribution is -2.61. The normalized spacial score (nSPS) is 25.7. The van der Waals surface area contributed by atoms with Gasteiger partial charge in [0.05, 0.1) is 6.04 Å². The molecule has 118 valence electrons. The van der Waals surface area contributed by atoms with Gasteiger partial charge in [-0.25, -0.2) is 0 Å². The van der Waals surface area contributed by atoms with Crippen molar-refractivity contribution < 1.29 is 4.79 Å². The van der Waals surface area contributed by atoms with E-state index in [1.807, 2.05) is 6.92 Å². The summed E-state index contributed by atoms with van der Waals surface area (Å²) < 4.78 is 0. The van der Waals surface area contributed by atoms with Crippen LogP contribution >= 0.6 is 0 Å². The molecule has 1 saturated heterocycles. The zero-order chi connectivity index (χ0) is 15.1. The van der Waals surface area contributed by atoms with Crippen LogP contribution in [0, 0.1) is 5.92 Å². The van der Waals surface area contributed by atoms with Crippen molar-refractivity contribution in [2.75, 3.05) is 19.6 Å². The standard InChI is InChI=1S/C16H33N3O/c1-6-14-11-19(15(7-2)10-18-14)13(5)16(20)17-9-8-12(3)4/h12-15,18H,6-11H2,1-5H3,(H,17,20). The highest BCUT2D eigenvalue weighted by molar-refractivity contribution is 5.81. The minimum atomic E-state index is -0.0248. The molecule has 0 aromatic carbocycles. The molecule has 1 fully saturated rings. The van der Waals surface area contributed by atoms with Gasteiger partial charge in [0.1, 0.15) is 0 Å². The molecule has 0 spiro atoms. The predicted molar refractivity (Wildman–Crippen MR) is 84.8 cm³/mol. The molecule has 0 aromatic rings. The third-order valence-corrected chi connectivity index (χ3v) is 4.40. The second-order valence-electron chi connectivity index (χ2n) is 6.42. The van der Waals surface area contributed by atoms with Crippen molar-refractivity contribution in [3.8, 4) is 0 Å². The minimum absolute atomic E-state index is 0.0248. The maximum atomic E-state index is 12.3. The highest BCUT2D eigenvalue weighted by Crippen LogP contribution is 2.15. The van der Waals surface area contributed by atoms with Gasteiger partial charge in [-0.3, -0.25) is 9.69 Å². The third-order valence-electron chi connectivity index (χ3n) is 4.40. The van der Waals surface area contributed by atoms with E-state index in [4.69, 9.17) is 0 Å². The quantitative estimate of drug-likeness (QED) is 0.751. The molecule has 0 saturated carbocycles. The van der Waals surface area contributed by atoms with Crippen molar-refractivity contribution in [3.63, 3.8) is 0 Å². The third kappa shape index (κ3) is 5.06. The first kappa shape index (κ1) is 17.4. The van der Waals surface area contributed by atoms with E-state index in [9.17, 15) is 4.79 Å². The van der Waals surface area contributed by atoms with E-state index in [1.165, 1.54) is 0 Å². The van der Waals surface area contributed by atoms with Gasteiger partial charge in [-0.2, -0.15) is 0 Å². The summed E-state index contributed by atoms with van der Waals surface area (Å²) in [7, 11) is 0. The minimum Gasteiger partial charge on any atom is -0.355 e. The van der Waals surface area contributed by atoms with Gasteiger partial charge in [0.2, 0.25) is 5.91 Å². The molecule has 1 heterocycles. The van der Waals surface area contributed by atoms with Crippen LogP contribution < -0.4 is 10.6 Å². The van der Waals surface area contributed by atoms with E-state index in [0.29, 0.717) is 18.0 Å². The van der Waals surface area contributed by atoms with Gasteiger partial charge in [-0.15, -0.1) is 0 Å². The maximum absolute atomic E-state index is 12.3. The Hall–Kier alpha value is -0.610. The van der Waals surface area contributed by atoms with Crippen LogP contribution in [0.5, 0.6) is 0 Å². The molecule has 0 aromatic heterocycles. The van der Waals surface area contributed by atoms with Gasteiger partial charge in [0, 0.05) is 31.7 Å². The molecule has 3 atom stereocenters. The summed E-state index contributed by atoms with van der Waals surface area (Å²) in [5.41, 5.74) is 0.